The molecule has 0 saturated carbocycles. The van der Waals surface area contributed by atoms with Crippen molar-refractivity contribution in [3.63, 3.8) is 0 Å². The Kier molecular flexibility index (Phi) is 4.59. The van der Waals surface area contributed by atoms with E-state index in [1.807, 2.05) is 30.3 Å². The maximum atomic E-state index is 11.7. The number of fused-ring (bicyclic) bond motifs is 1. The van der Waals surface area contributed by atoms with E-state index in [2.05, 4.69) is 0 Å². The standard InChI is InChI=1S/C18H16O5/c19-15(14-7-8-16-17(10-14)23-12-22-16)11-21-18(20)9-6-13-4-2-1-3-5-13/h1-10,15,19H,11-12H2/b9-6+/t15-/m1/s1. The first-order chi connectivity index (χ1) is 11.2. The third kappa shape index (κ3) is 3.90. The molecule has 2 aromatic rings. The summed E-state index contributed by atoms with van der Waals surface area (Å²) in [6, 6.07) is 14.5. The molecule has 1 atom stereocenters. The number of carbonyl (C=O) groups is 1. The lowest BCUT2D eigenvalue weighted by molar-refractivity contribution is -0.140. The van der Waals surface area contributed by atoms with Gasteiger partial charge in [0, 0.05) is 6.08 Å². The highest BCUT2D eigenvalue weighted by molar-refractivity contribution is 5.87. The number of aliphatic hydroxyl groups excluding tert-OH is 1. The van der Waals surface area contributed by atoms with Crippen LogP contribution in [0.2, 0.25) is 0 Å². The minimum absolute atomic E-state index is 0.127. The van der Waals surface area contributed by atoms with E-state index in [1.165, 1.54) is 6.08 Å². The molecule has 0 unspecified atom stereocenters. The number of aliphatic hydroxyl groups is 1. The molecular formula is C18H16O5. The van der Waals surface area contributed by atoms with E-state index >= 15 is 0 Å². The van der Waals surface area contributed by atoms with Gasteiger partial charge < -0.3 is 19.3 Å². The first-order valence-electron chi connectivity index (χ1n) is 7.20. The molecular weight excluding hydrogens is 296 g/mol. The first-order valence-corrected chi connectivity index (χ1v) is 7.20. The van der Waals surface area contributed by atoms with Crippen molar-refractivity contribution in [3.8, 4) is 11.5 Å². The molecule has 0 aliphatic carbocycles. The number of ether oxygens (including phenoxy) is 3. The van der Waals surface area contributed by atoms with Gasteiger partial charge in [0.1, 0.15) is 12.7 Å². The molecule has 0 spiro atoms. The van der Waals surface area contributed by atoms with Gasteiger partial charge in [0.2, 0.25) is 6.79 Å². The van der Waals surface area contributed by atoms with Crippen LogP contribution in [0.3, 0.4) is 0 Å². The zero-order valence-electron chi connectivity index (χ0n) is 12.3. The van der Waals surface area contributed by atoms with Gasteiger partial charge in [-0.25, -0.2) is 4.79 Å². The number of esters is 1. The second kappa shape index (κ2) is 6.98. The third-order valence-electron chi connectivity index (χ3n) is 3.38. The van der Waals surface area contributed by atoms with Crippen molar-refractivity contribution in [1.82, 2.24) is 0 Å². The topological polar surface area (TPSA) is 65.0 Å². The highest BCUT2D eigenvalue weighted by atomic mass is 16.7. The molecule has 118 valence electrons. The van der Waals surface area contributed by atoms with Crippen LogP contribution in [-0.4, -0.2) is 24.5 Å². The summed E-state index contributed by atoms with van der Waals surface area (Å²) >= 11 is 0. The maximum absolute atomic E-state index is 11.7. The minimum Gasteiger partial charge on any atom is -0.459 e. The van der Waals surface area contributed by atoms with Crippen molar-refractivity contribution < 1.29 is 24.1 Å². The Labute approximate surface area is 133 Å². The smallest absolute Gasteiger partial charge is 0.330 e. The molecule has 1 heterocycles. The number of carbonyl (C=O) groups excluding carboxylic acids is 1. The number of benzene rings is 2. The van der Waals surface area contributed by atoms with Crippen LogP contribution in [0.15, 0.2) is 54.6 Å². The molecule has 0 fully saturated rings. The fraction of sp³-hybridized carbons (Fsp3) is 0.167. The van der Waals surface area contributed by atoms with Crippen molar-refractivity contribution in [1.29, 1.82) is 0 Å². The zero-order chi connectivity index (χ0) is 16.1. The zero-order valence-corrected chi connectivity index (χ0v) is 12.3. The molecule has 2 aromatic carbocycles. The number of hydrogen-bond acceptors (Lipinski definition) is 5. The van der Waals surface area contributed by atoms with E-state index in [9.17, 15) is 9.90 Å². The lowest BCUT2D eigenvalue weighted by Crippen LogP contribution is -2.10. The molecule has 0 aromatic heterocycles. The molecule has 0 saturated heterocycles. The van der Waals surface area contributed by atoms with E-state index in [1.54, 1.807) is 24.3 Å². The van der Waals surface area contributed by atoms with Crippen LogP contribution in [0, 0.1) is 0 Å². The Morgan fingerprint density at radius 1 is 1.17 bits per heavy atom. The average Bonchev–Trinajstić information content (AvgIpc) is 3.06. The molecule has 5 heteroatoms. The summed E-state index contributed by atoms with van der Waals surface area (Å²) in [4.78, 5) is 11.7. The van der Waals surface area contributed by atoms with E-state index in [0.29, 0.717) is 17.1 Å². The SMILES string of the molecule is O=C(/C=C/c1ccccc1)OC[C@@H](O)c1ccc2c(c1)OCO2. The molecule has 1 N–H and O–H groups in total. The van der Waals surface area contributed by atoms with Crippen molar-refractivity contribution in [2.24, 2.45) is 0 Å². The van der Waals surface area contributed by atoms with Crippen molar-refractivity contribution in [2.45, 2.75) is 6.10 Å². The summed E-state index contributed by atoms with van der Waals surface area (Å²) in [5.41, 5.74) is 1.51. The molecule has 1 aliphatic heterocycles. The summed E-state index contributed by atoms with van der Waals surface area (Å²) in [7, 11) is 0. The van der Waals surface area contributed by atoms with Gasteiger partial charge in [-0.15, -0.1) is 0 Å². The Morgan fingerprint density at radius 3 is 2.78 bits per heavy atom. The van der Waals surface area contributed by atoms with Crippen LogP contribution >= 0.6 is 0 Å². The number of hydrogen-bond donors (Lipinski definition) is 1. The largest absolute Gasteiger partial charge is 0.459 e. The average molecular weight is 312 g/mol. The second-order valence-electron chi connectivity index (χ2n) is 5.00. The van der Waals surface area contributed by atoms with Crippen LogP contribution in [0.25, 0.3) is 6.08 Å². The monoisotopic (exact) mass is 312 g/mol. The highest BCUT2D eigenvalue weighted by Gasteiger charge is 2.17. The summed E-state index contributed by atoms with van der Waals surface area (Å²) in [5, 5.41) is 10.1. The van der Waals surface area contributed by atoms with Gasteiger partial charge >= 0.3 is 5.97 Å². The molecule has 3 rings (SSSR count). The Morgan fingerprint density at radius 2 is 1.96 bits per heavy atom. The van der Waals surface area contributed by atoms with Gasteiger partial charge in [0.05, 0.1) is 0 Å². The highest BCUT2D eigenvalue weighted by Crippen LogP contribution is 2.34. The van der Waals surface area contributed by atoms with Gasteiger partial charge in [-0.2, -0.15) is 0 Å². The van der Waals surface area contributed by atoms with E-state index < -0.39 is 12.1 Å². The van der Waals surface area contributed by atoms with Crippen LogP contribution < -0.4 is 9.47 Å². The summed E-state index contributed by atoms with van der Waals surface area (Å²) in [5.74, 6) is 0.717. The van der Waals surface area contributed by atoms with Gasteiger partial charge in [-0.05, 0) is 29.3 Å². The Hall–Kier alpha value is -2.79. The summed E-state index contributed by atoms with van der Waals surface area (Å²) in [6.45, 7) is 0.0474. The minimum atomic E-state index is -0.918. The third-order valence-corrected chi connectivity index (χ3v) is 3.38. The lowest BCUT2D eigenvalue weighted by Gasteiger charge is -2.11. The van der Waals surface area contributed by atoms with Gasteiger partial charge in [-0.3, -0.25) is 0 Å². The van der Waals surface area contributed by atoms with E-state index in [-0.39, 0.29) is 13.4 Å². The normalized spacial score (nSPS) is 14.0. The van der Waals surface area contributed by atoms with Crippen LogP contribution in [0.4, 0.5) is 0 Å². The van der Waals surface area contributed by atoms with Crippen molar-refractivity contribution >= 4 is 12.0 Å². The van der Waals surface area contributed by atoms with Gasteiger partial charge in [-0.1, -0.05) is 36.4 Å². The summed E-state index contributed by atoms with van der Waals surface area (Å²) in [6.07, 6.45) is 2.08. The first kappa shape index (κ1) is 15.1. The summed E-state index contributed by atoms with van der Waals surface area (Å²) < 4.78 is 15.5. The second-order valence-corrected chi connectivity index (χ2v) is 5.00. The fourth-order valence-corrected chi connectivity index (χ4v) is 2.15. The predicted octanol–water partition coefficient (Wildman–Crippen LogP) is 2.71. The van der Waals surface area contributed by atoms with Crippen molar-refractivity contribution in [2.75, 3.05) is 13.4 Å². The van der Waals surface area contributed by atoms with E-state index in [4.69, 9.17) is 14.2 Å². The van der Waals surface area contributed by atoms with Crippen LogP contribution in [-0.2, 0) is 9.53 Å². The lowest BCUT2D eigenvalue weighted by atomic mass is 10.1. The van der Waals surface area contributed by atoms with Crippen LogP contribution in [0.5, 0.6) is 11.5 Å². The maximum Gasteiger partial charge on any atom is 0.330 e. The van der Waals surface area contributed by atoms with Gasteiger partial charge in [0.15, 0.2) is 11.5 Å². The Balaban J connectivity index is 1.53. The molecule has 0 amide bonds. The van der Waals surface area contributed by atoms with E-state index in [0.717, 1.165) is 5.56 Å². The number of rotatable bonds is 5. The fourth-order valence-electron chi connectivity index (χ4n) is 2.15. The van der Waals surface area contributed by atoms with Gasteiger partial charge in [0.25, 0.3) is 0 Å². The molecule has 5 nitrogen and oxygen atoms in total. The Bertz CT molecular complexity index is 709. The van der Waals surface area contributed by atoms with Crippen molar-refractivity contribution in [3.05, 3.63) is 65.7 Å². The van der Waals surface area contributed by atoms with Crippen LogP contribution in [0.1, 0.15) is 17.2 Å². The predicted molar refractivity (Wildman–Crippen MR) is 84.0 cm³/mol. The quantitative estimate of drug-likeness (QED) is 0.679. The molecule has 0 radical (unpaired) electrons. The molecule has 0 bridgehead atoms. The molecule has 23 heavy (non-hydrogen) atoms. The molecule has 1 aliphatic rings.